The van der Waals surface area contributed by atoms with Gasteiger partial charge in [-0.3, -0.25) is 4.90 Å². The minimum Gasteiger partial charge on any atom is -0.464 e. The van der Waals surface area contributed by atoms with Crippen LogP contribution in [0.1, 0.15) is 163 Å². The number of carbonyl (C=O) groups is 2. The Labute approximate surface area is 230 Å². The Morgan fingerprint density at radius 3 is 1.32 bits per heavy atom. The maximum atomic E-state index is 12.7. The zero-order valence-electron chi connectivity index (χ0n) is 25.5. The van der Waals surface area contributed by atoms with Gasteiger partial charge in [-0.25, -0.2) is 9.59 Å². The predicted molar refractivity (Wildman–Crippen MR) is 157 cm³/mol. The molecule has 5 nitrogen and oxygen atoms in total. The second-order valence-electron chi connectivity index (χ2n) is 11.4. The SMILES string of the molecule is CCCCCCCCCCCCCCCCCCOC(=O)[C@H](CC(C)C)N(C)C(=O)OCCCCCC. The van der Waals surface area contributed by atoms with E-state index in [1.54, 1.807) is 7.05 Å². The number of amides is 1. The van der Waals surface area contributed by atoms with Gasteiger partial charge >= 0.3 is 12.1 Å². The van der Waals surface area contributed by atoms with Gasteiger partial charge in [0, 0.05) is 7.05 Å². The Bertz CT molecular complexity index is 523. The first-order chi connectivity index (χ1) is 17.9. The summed E-state index contributed by atoms with van der Waals surface area (Å²) in [7, 11) is 1.65. The molecule has 37 heavy (non-hydrogen) atoms. The molecule has 0 aromatic rings. The Kier molecular flexibility index (Phi) is 25.5. The van der Waals surface area contributed by atoms with Crippen molar-refractivity contribution in [3.05, 3.63) is 0 Å². The highest BCUT2D eigenvalue weighted by molar-refractivity contribution is 5.81. The molecule has 5 heteroatoms. The summed E-state index contributed by atoms with van der Waals surface area (Å²) in [5.41, 5.74) is 0. The van der Waals surface area contributed by atoms with Crippen molar-refractivity contribution < 1.29 is 19.1 Å². The van der Waals surface area contributed by atoms with Gasteiger partial charge in [-0.15, -0.1) is 0 Å². The molecule has 0 fully saturated rings. The van der Waals surface area contributed by atoms with Crippen molar-refractivity contribution in [1.82, 2.24) is 4.90 Å². The number of unbranched alkanes of at least 4 members (excludes halogenated alkanes) is 18. The monoisotopic (exact) mass is 525 g/mol. The summed E-state index contributed by atoms with van der Waals surface area (Å²) < 4.78 is 10.9. The fourth-order valence-electron chi connectivity index (χ4n) is 4.70. The molecule has 1 amide bonds. The van der Waals surface area contributed by atoms with Crippen LogP contribution in [-0.4, -0.2) is 43.3 Å². The molecule has 0 aliphatic heterocycles. The third-order valence-electron chi connectivity index (χ3n) is 7.19. The van der Waals surface area contributed by atoms with Crippen LogP contribution in [0.2, 0.25) is 0 Å². The average molecular weight is 526 g/mol. The lowest BCUT2D eigenvalue weighted by molar-refractivity contribution is -0.149. The molecule has 0 bridgehead atoms. The first-order valence-electron chi connectivity index (χ1n) is 16.0. The van der Waals surface area contributed by atoms with E-state index >= 15 is 0 Å². The van der Waals surface area contributed by atoms with E-state index in [1.165, 1.54) is 94.8 Å². The van der Waals surface area contributed by atoms with Gasteiger partial charge in [-0.2, -0.15) is 0 Å². The third-order valence-corrected chi connectivity index (χ3v) is 7.19. The second-order valence-corrected chi connectivity index (χ2v) is 11.4. The van der Waals surface area contributed by atoms with Gasteiger partial charge in [-0.05, 0) is 25.2 Å². The van der Waals surface area contributed by atoms with Crippen LogP contribution >= 0.6 is 0 Å². The summed E-state index contributed by atoms with van der Waals surface area (Å²) in [5.74, 6) is -0.0204. The van der Waals surface area contributed by atoms with Crippen LogP contribution in [0.25, 0.3) is 0 Å². The van der Waals surface area contributed by atoms with Crippen molar-refractivity contribution in [2.45, 2.75) is 169 Å². The minimum atomic E-state index is -0.579. The normalized spacial score (nSPS) is 12.1. The number of likely N-dealkylation sites (N-methyl/N-ethyl adjacent to an activating group) is 1. The second kappa shape index (κ2) is 26.4. The maximum absolute atomic E-state index is 12.7. The molecule has 0 aromatic heterocycles. The van der Waals surface area contributed by atoms with Crippen molar-refractivity contribution in [3.8, 4) is 0 Å². The predicted octanol–water partition coefficient (Wildman–Crippen LogP) is 9.85. The highest BCUT2D eigenvalue weighted by Gasteiger charge is 2.30. The minimum absolute atomic E-state index is 0.285. The summed E-state index contributed by atoms with van der Waals surface area (Å²) in [6, 6.07) is -0.579. The Hall–Kier alpha value is -1.26. The van der Waals surface area contributed by atoms with E-state index in [0.717, 1.165) is 38.5 Å². The molecular formula is C32H63NO4. The van der Waals surface area contributed by atoms with Gasteiger partial charge in [0.15, 0.2) is 0 Å². The van der Waals surface area contributed by atoms with Gasteiger partial charge < -0.3 is 9.47 Å². The van der Waals surface area contributed by atoms with Crippen LogP contribution in [0, 0.1) is 5.92 Å². The molecule has 0 saturated heterocycles. The van der Waals surface area contributed by atoms with Crippen LogP contribution in [0.15, 0.2) is 0 Å². The maximum Gasteiger partial charge on any atom is 0.410 e. The molecule has 0 aliphatic carbocycles. The van der Waals surface area contributed by atoms with E-state index in [-0.39, 0.29) is 11.9 Å². The van der Waals surface area contributed by atoms with Gasteiger partial charge in [-0.1, -0.05) is 143 Å². The highest BCUT2D eigenvalue weighted by atomic mass is 16.6. The van der Waals surface area contributed by atoms with Crippen molar-refractivity contribution >= 4 is 12.1 Å². The number of hydrogen-bond acceptors (Lipinski definition) is 4. The van der Waals surface area contributed by atoms with Crippen LogP contribution in [0.4, 0.5) is 4.79 Å². The summed E-state index contributed by atoms with van der Waals surface area (Å²) >= 11 is 0. The molecule has 220 valence electrons. The molecule has 0 N–H and O–H groups in total. The summed E-state index contributed by atoms with van der Waals surface area (Å²) in [6.07, 6.45) is 25.5. The van der Waals surface area contributed by atoms with Crippen LogP contribution in [-0.2, 0) is 14.3 Å². The van der Waals surface area contributed by atoms with Crippen LogP contribution in [0.5, 0.6) is 0 Å². The lowest BCUT2D eigenvalue weighted by atomic mass is 10.0. The van der Waals surface area contributed by atoms with Gasteiger partial charge in [0.2, 0.25) is 0 Å². The third kappa shape index (κ3) is 22.4. The number of nitrogens with zero attached hydrogens (tertiary/aromatic N) is 1. The van der Waals surface area contributed by atoms with Crippen molar-refractivity contribution in [2.24, 2.45) is 5.92 Å². The molecule has 0 heterocycles. The molecule has 0 unspecified atom stereocenters. The van der Waals surface area contributed by atoms with Crippen molar-refractivity contribution in [3.63, 3.8) is 0 Å². The number of esters is 1. The van der Waals surface area contributed by atoms with Gasteiger partial charge in [0.05, 0.1) is 13.2 Å². The summed E-state index contributed by atoms with van der Waals surface area (Å²) in [6.45, 7) is 9.39. The molecular weight excluding hydrogens is 462 g/mol. The highest BCUT2D eigenvalue weighted by Crippen LogP contribution is 2.16. The molecule has 0 aromatic carbocycles. The zero-order valence-corrected chi connectivity index (χ0v) is 25.5. The zero-order chi connectivity index (χ0) is 27.6. The fourth-order valence-corrected chi connectivity index (χ4v) is 4.70. The average Bonchev–Trinajstić information content (AvgIpc) is 2.88. The van der Waals surface area contributed by atoms with E-state index in [0.29, 0.717) is 19.6 Å². The number of rotatable bonds is 26. The molecule has 0 saturated carbocycles. The lowest BCUT2D eigenvalue weighted by Gasteiger charge is -2.27. The van der Waals surface area contributed by atoms with Gasteiger partial charge in [0.25, 0.3) is 0 Å². The number of carbonyl (C=O) groups excluding carboxylic acids is 2. The van der Waals surface area contributed by atoms with E-state index in [1.807, 2.05) is 0 Å². The first-order valence-corrected chi connectivity index (χ1v) is 16.0. The van der Waals surface area contributed by atoms with E-state index in [9.17, 15) is 9.59 Å². The Morgan fingerprint density at radius 2 is 0.919 bits per heavy atom. The van der Waals surface area contributed by atoms with E-state index in [2.05, 4.69) is 27.7 Å². The van der Waals surface area contributed by atoms with Crippen LogP contribution in [0.3, 0.4) is 0 Å². The van der Waals surface area contributed by atoms with E-state index < -0.39 is 12.1 Å². The topological polar surface area (TPSA) is 55.8 Å². The molecule has 1 atom stereocenters. The molecule has 0 spiro atoms. The standard InChI is InChI=1S/C32H63NO4/c1-6-8-10-12-13-14-15-16-17-18-19-20-21-22-23-25-26-36-31(34)30(28-29(3)4)33(5)32(35)37-27-24-11-9-7-2/h29-30H,6-28H2,1-5H3/t30-/m0/s1. The summed E-state index contributed by atoms with van der Waals surface area (Å²) in [4.78, 5) is 26.6. The smallest absolute Gasteiger partial charge is 0.410 e. The molecule has 0 rings (SSSR count). The Balaban J connectivity index is 3.84. The van der Waals surface area contributed by atoms with E-state index in [4.69, 9.17) is 9.47 Å². The first kappa shape index (κ1) is 35.7. The largest absolute Gasteiger partial charge is 0.464 e. The Morgan fingerprint density at radius 1 is 0.568 bits per heavy atom. The quantitative estimate of drug-likeness (QED) is 0.0832. The van der Waals surface area contributed by atoms with Gasteiger partial charge in [0.1, 0.15) is 6.04 Å². The number of hydrogen-bond donors (Lipinski definition) is 0. The molecule has 0 radical (unpaired) electrons. The van der Waals surface area contributed by atoms with Crippen molar-refractivity contribution in [1.29, 1.82) is 0 Å². The molecule has 0 aliphatic rings. The number of ether oxygens (including phenoxy) is 2. The fraction of sp³-hybridized carbons (Fsp3) is 0.938. The van der Waals surface area contributed by atoms with Crippen LogP contribution < -0.4 is 0 Å². The lowest BCUT2D eigenvalue weighted by Crippen LogP contribution is -2.44. The summed E-state index contributed by atoms with van der Waals surface area (Å²) in [5, 5.41) is 0. The van der Waals surface area contributed by atoms with Crippen molar-refractivity contribution in [2.75, 3.05) is 20.3 Å².